The summed E-state index contributed by atoms with van der Waals surface area (Å²) >= 11 is 0. The third kappa shape index (κ3) is 37.8. The predicted molar refractivity (Wildman–Crippen MR) is 238 cm³/mol. The van der Waals surface area contributed by atoms with Crippen LogP contribution in [0.4, 0.5) is 0 Å². The van der Waals surface area contributed by atoms with Gasteiger partial charge in [-0.05, 0) is 83.5 Å². The Morgan fingerprint density at radius 2 is 0.982 bits per heavy atom. The lowest BCUT2D eigenvalue weighted by Crippen LogP contribution is -2.50. The van der Waals surface area contributed by atoms with Gasteiger partial charge >= 0.3 is 17.9 Å². The Morgan fingerprint density at radius 3 is 1.49 bits per heavy atom. The van der Waals surface area contributed by atoms with E-state index in [1.54, 1.807) is 0 Å². The van der Waals surface area contributed by atoms with Crippen molar-refractivity contribution in [2.45, 2.75) is 167 Å². The highest BCUT2D eigenvalue weighted by Crippen LogP contribution is 2.12. The second-order valence-corrected chi connectivity index (χ2v) is 15.6. The lowest BCUT2D eigenvalue weighted by molar-refractivity contribution is -0.887. The minimum absolute atomic E-state index is 0.0419. The van der Waals surface area contributed by atoms with Crippen molar-refractivity contribution >= 4 is 17.9 Å². The van der Waals surface area contributed by atoms with E-state index in [9.17, 15) is 19.5 Å². The van der Waals surface area contributed by atoms with Crippen LogP contribution in [-0.4, -0.2) is 80.6 Å². The maximum absolute atomic E-state index is 12.7. The molecule has 8 nitrogen and oxygen atoms in total. The molecule has 0 amide bonds. The number of carboxylic acid groups (broad SMARTS) is 1. The van der Waals surface area contributed by atoms with Crippen LogP contribution < -0.4 is 0 Å². The first-order valence-corrected chi connectivity index (χ1v) is 22.1. The fourth-order valence-electron chi connectivity index (χ4n) is 5.84. The predicted octanol–water partition coefficient (Wildman–Crippen LogP) is 12.1. The molecule has 0 aliphatic rings. The van der Waals surface area contributed by atoms with Crippen molar-refractivity contribution in [1.82, 2.24) is 0 Å². The minimum Gasteiger partial charge on any atom is -0.477 e. The Labute approximate surface area is 348 Å². The highest BCUT2D eigenvalue weighted by Gasteiger charge is 2.31. The van der Waals surface area contributed by atoms with Gasteiger partial charge in [0.05, 0.1) is 34.4 Å². The topological polar surface area (TPSA) is 99.1 Å². The molecule has 0 rings (SSSR count). The SMILES string of the molecule is CC/C=C/C/C=C/C/C=C/C/C=C/C/C=C/C/C=C/CCCCCC(=O)OCC(COCCC(C(=O)O)[N+](C)(C)C)OC(=O)CCCCCCC/C=C/CCCC. The van der Waals surface area contributed by atoms with Crippen LogP contribution >= 0.6 is 0 Å². The highest BCUT2D eigenvalue weighted by atomic mass is 16.6. The zero-order valence-electron chi connectivity index (χ0n) is 36.8. The van der Waals surface area contributed by atoms with Crippen LogP contribution in [0.15, 0.2) is 85.1 Å². The van der Waals surface area contributed by atoms with Gasteiger partial charge in [0, 0.05) is 19.3 Å². The molecule has 1 N–H and O–H groups in total. The molecule has 0 saturated heterocycles. The second kappa shape index (κ2) is 39.3. The van der Waals surface area contributed by atoms with Gasteiger partial charge in [-0.15, -0.1) is 0 Å². The van der Waals surface area contributed by atoms with Crippen LogP contribution in [0.25, 0.3) is 0 Å². The van der Waals surface area contributed by atoms with Gasteiger partial charge in [-0.25, -0.2) is 4.79 Å². The number of unbranched alkanes of at least 4 members (excludes halogenated alkanes) is 10. The molecule has 0 aliphatic carbocycles. The second-order valence-electron chi connectivity index (χ2n) is 15.6. The number of carboxylic acids is 1. The standard InChI is InChI=1S/C49H81NO7/c1-6-8-10-12-14-16-18-19-20-21-22-23-24-25-26-27-28-30-31-33-35-37-39-47(51)56-44-45(43-55-42-41-46(49(53)54)50(3,4)5)57-48(52)40-38-36-34-32-29-17-15-13-11-9-7-2/h8,10,13-16,19-20,22-23,25-26,28,30,45-46H,6-7,9,11-12,17-18,21,24,27,29,31-44H2,1-5H3/p+1/b10-8+,15-13+,16-14+,20-19+,23-22+,26-25+,30-28+. The molecular weight excluding hydrogens is 715 g/mol. The number of rotatable bonds is 38. The lowest BCUT2D eigenvalue weighted by atomic mass is 10.1. The zero-order chi connectivity index (χ0) is 42.1. The molecule has 0 saturated carbocycles. The van der Waals surface area contributed by atoms with Gasteiger partial charge in [0.25, 0.3) is 0 Å². The molecular formula is C49H82NO7+. The molecule has 0 aromatic rings. The Morgan fingerprint density at radius 1 is 0.544 bits per heavy atom. The lowest BCUT2D eigenvalue weighted by Gasteiger charge is -2.31. The van der Waals surface area contributed by atoms with E-state index in [1.807, 2.05) is 21.1 Å². The van der Waals surface area contributed by atoms with E-state index in [1.165, 1.54) is 12.8 Å². The minimum atomic E-state index is -0.885. The van der Waals surface area contributed by atoms with Crippen molar-refractivity contribution in [1.29, 1.82) is 0 Å². The summed E-state index contributed by atoms with van der Waals surface area (Å²) in [4.78, 5) is 36.9. The van der Waals surface area contributed by atoms with Crippen LogP contribution in [0, 0.1) is 0 Å². The number of hydrogen-bond donors (Lipinski definition) is 1. The van der Waals surface area contributed by atoms with E-state index >= 15 is 0 Å². The summed E-state index contributed by atoms with van der Waals surface area (Å²) in [5.41, 5.74) is 0. The van der Waals surface area contributed by atoms with Gasteiger partial charge in [-0.3, -0.25) is 9.59 Å². The molecule has 0 aromatic heterocycles. The zero-order valence-corrected chi connectivity index (χ0v) is 36.8. The molecule has 0 spiro atoms. The smallest absolute Gasteiger partial charge is 0.362 e. The van der Waals surface area contributed by atoms with Crippen LogP contribution in [-0.2, 0) is 28.6 Å². The largest absolute Gasteiger partial charge is 0.477 e. The number of hydrogen-bond acceptors (Lipinski definition) is 6. The molecule has 324 valence electrons. The average Bonchev–Trinajstić information content (AvgIpc) is 3.17. The van der Waals surface area contributed by atoms with Gasteiger partial charge in [0.2, 0.25) is 0 Å². The van der Waals surface area contributed by atoms with Crippen molar-refractivity contribution < 1.29 is 38.2 Å². The molecule has 0 heterocycles. The normalized spacial score (nSPS) is 13.8. The maximum atomic E-state index is 12.7. The van der Waals surface area contributed by atoms with E-state index in [2.05, 4.69) is 98.9 Å². The number of aliphatic carboxylic acids is 1. The number of nitrogens with zero attached hydrogens (tertiary/aromatic N) is 1. The molecule has 0 aliphatic heterocycles. The highest BCUT2D eigenvalue weighted by molar-refractivity contribution is 5.72. The number of ether oxygens (including phenoxy) is 3. The van der Waals surface area contributed by atoms with E-state index in [4.69, 9.17) is 14.2 Å². The molecule has 2 unspecified atom stereocenters. The Kier molecular flexibility index (Phi) is 36.9. The fourth-order valence-corrected chi connectivity index (χ4v) is 5.84. The summed E-state index contributed by atoms with van der Waals surface area (Å²) in [7, 11) is 5.50. The number of carbonyl (C=O) groups is 3. The van der Waals surface area contributed by atoms with E-state index in [0.717, 1.165) is 109 Å². The van der Waals surface area contributed by atoms with E-state index < -0.39 is 18.1 Å². The summed E-state index contributed by atoms with van der Waals surface area (Å²) in [6.07, 6.45) is 50.6. The third-order valence-corrected chi connectivity index (χ3v) is 9.28. The molecule has 0 aromatic carbocycles. The number of carbonyl (C=O) groups excluding carboxylic acids is 2. The Hall–Kier alpha value is -3.49. The van der Waals surface area contributed by atoms with E-state index in [0.29, 0.717) is 19.3 Å². The summed E-state index contributed by atoms with van der Waals surface area (Å²) in [5, 5.41) is 9.61. The Bertz CT molecular complexity index is 1200. The molecule has 2 atom stereocenters. The van der Waals surface area contributed by atoms with Crippen molar-refractivity contribution in [2.75, 3.05) is 41.0 Å². The monoisotopic (exact) mass is 797 g/mol. The molecule has 0 radical (unpaired) electrons. The number of allylic oxidation sites excluding steroid dienone is 14. The quantitative estimate of drug-likeness (QED) is 0.0287. The summed E-state index contributed by atoms with van der Waals surface area (Å²) in [6, 6.07) is -0.625. The first-order chi connectivity index (χ1) is 27.6. The maximum Gasteiger partial charge on any atom is 0.362 e. The van der Waals surface area contributed by atoms with Crippen LogP contribution in [0.2, 0.25) is 0 Å². The summed E-state index contributed by atoms with van der Waals surface area (Å²) in [6.45, 7) is 4.52. The third-order valence-electron chi connectivity index (χ3n) is 9.28. The number of esters is 2. The first-order valence-electron chi connectivity index (χ1n) is 22.1. The molecule has 57 heavy (non-hydrogen) atoms. The molecule has 0 bridgehead atoms. The Balaban J connectivity index is 4.38. The average molecular weight is 797 g/mol. The van der Waals surface area contributed by atoms with Gasteiger partial charge in [-0.1, -0.05) is 137 Å². The van der Waals surface area contributed by atoms with Crippen molar-refractivity contribution in [3.63, 3.8) is 0 Å². The summed E-state index contributed by atoms with van der Waals surface area (Å²) in [5.74, 6) is -1.53. The van der Waals surface area contributed by atoms with Crippen molar-refractivity contribution in [2.24, 2.45) is 0 Å². The number of likely N-dealkylation sites (N-methyl/N-ethyl adjacent to an activating group) is 1. The van der Waals surface area contributed by atoms with Gasteiger partial charge in [0.15, 0.2) is 12.1 Å². The van der Waals surface area contributed by atoms with Crippen LogP contribution in [0.3, 0.4) is 0 Å². The summed E-state index contributed by atoms with van der Waals surface area (Å²) < 4.78 is 17.2. The van der Waals surface area contributed by atoms with E-state index in [-0.39, 0.29) is 36.2 Å². The van der Waals surface area contributed by atoms with Gasteiger partial charge in [0.1, 0.15) is 6.61 Å². The molecule has 0 fully saturated rings. The number of quaternary nitrogens is 1. The molecule has 8 heteroatoms. The van der Waals surface area contributed by atoms with Crippen molar-refractivity contribution in [3.8, 4) is 0 Å². The fraction of sp³-hybridized carbons (Fsp3) is 0.653. The van der Waals surface area contributed by atoms with Gasteiger partial charge < -0.3 is 23.8 Å². The van der Waals surface area contributed by atoms with Crippen LogP contribution in [0.1, 0.15) is 155 Å². The van der Waals surface area contributed by atoms with Crippen LogP contribution in [0.5, 0.6) is 0 Å². The van der Waals surface area contributed by atoms with Gasteiger partial charge in [-0.2, -0.15) is 0 Å². The first kappa shape index (κ1) is 53.5. The van der Waals surface area contributed by atoms with Crippen molar-refractivity contribution in [3.05, 3.63) is 85.1 Å².